The van der Waals surface area contributed by atoms with Gasteiger partial charge in [0.15, 0.2) is 0 Å². The highest BCUT2D eigenvalue weighted by Gasteiger charge is 2.11. The zero-order chi connectivity index (χ0) is 11.3. The molecule has 1 heterocycles. The van der Waals surface area contributed by atoms with E-state index in [4.69, 9.17) is 9.84 Å². The van der Waals surface area contributed by atoms with E-state index < -0.39 is 12.0 Å². The van der Waals surface area contributed by atoms with E-state index in [-0.39, 0.29) is 0 Å². The van der Waals surface area contributed by atoms with E-state index in [1.165, 1.54) is 7.11 Å². The van der Waals surface area contributed by atoms with Gasteiger partial charge in [0.05, 0.1) is 7.11 Å². The third-order valence-electron chi connectivity index (χ3n) is 2.01. The SMILES string of the molecule is COc1ncccc1CN[C@@H](C)C(=O)O. The quantitative estimate of drug-likeness (QED) is 0.746. The van der Waals surface area contributed by atoms with E-state index in [0.29, 0.717) is 12.4 Å². The van der Waals surface area contributed by atoms with Crippen molar-refractivity contribution in [2.24, 2.45) is 0 Å². The zero-order valence-electron chi connectivity index (χ0n) is 8.73. The normalized spacial score (nSPS) is 12.1. The largest absolute Gasteiger partial charge is 0.481 e. The molecule has 0 radical (unpaired) electrons. The first kappa shape index (κ1) is 11.5. The Balaban J connectivity index is 2.60. The molecule has 1 rings (SSSR count). The Hall–Kier alpha value is -1.62. The second kappa shape index (κ2) is 5.31. The molecule has 1 aromatic rings. The van der Waals surface area contributed by atoms with Crippen LogP contribution in [0.2, 0.25) is 0 Å². The third-order valence-corrected chi connectivity index (χ3v) is 2.01. The summed E-state index contributed by atoms with van der Waals surface area (Å²) in [5.74, 6) is -0.361. The molecule has 1 aromatic heterocycles. The van der Waals surface area contributed by atoms with E-state index >= 15 is 0 Å². The summed E-state index contributed by atoms with van der Waals surface area (Å²) in [6, 6.07) is 3.04. The second-order valence-electron chi connectivity index (χ2n) is 3.11. The van der Waals surface area contributed by atoms with Crippen molar-refractivity contribution in [3.8, 4) is 5.88 Å². The lowest BCUT2D eigenvalue weighted by atomic mass is 10.2. The van der Waals surface area contributed by atoms with Crippen LogP contribution in [-0.4, -0.2) is 29.2 Å². The number of hydrogen-bond acceptors (Lipinski definition) is 4. The van der Waals surface area contributed by atoms with E-state index in [9.17, 15) is 4.79 Å². The van der Waals surface area contributed by atoms with Gasteiger partial charge in [0.1, 0.15) is 6.04 Å². The molecule has 1 atom stereocenters. The van der Waals surface area contributed by atoms with Crippen molar-refractivity contribution in [3.63, 3.8) is 0 Å². The number of ether oxygens (including phenoxy) is 1. The Morgan fingerprint density at radius 2 is 2.47 bits per heavy atom. The molecule has 5 nitrogen and oxygen atoms in total. The summed E-state index contributed by atoms with van der Waals surface area (Å²) >= 11 is 0. The number of carboxylic acids is 1. The van der Waals surface area contributed by atoms with Crippen LogP contribution in [0, 0.1) is 0 Å². The van der Waals surface area contributed by atoms with Gasteiger partial charge in [-0.15, -0.1) is 0 Å². The number of nitrogens with one attached hydrogen (secondary N) is 1. The van der Waals surface area contributed by atoms with Crippen LogP contribution in [0.15, 0.2) is 18.3 Å². The average Bonchev–Trinajstić information content (AvgIpc) is 2.26. The van der Waals surface area contributed by atoms with Crippen LogP contribution in [0.3, 0.4) is 0 Å². The first-order chi connectivity index (χ1) is 7.15. The molecule has 0 spiro atoms. The number of nitrogens with zero attached hydrogens (tertiary/aromatic N) is 1. The second-order valence-corrected chi connectivity index (χ2v) is 3.11. The summed E-state index contributed by atoms with van der Waals surface area (Å²) in [6.07, 6.45) is 1.63. The van der Waals surface area contributed by atoms with Gasteiger partial charge in [-0.2, -0.15) is 0 Å². The Morgan fingerprint density at radius 1 is 1.73 bits per heavy atom. The minimum Gasteiger partial charge on any atom is -0.481 e. The Morgan fingerprint density at radius 3 is 3.07 bits per heavy atom. The summed E-state index contributed by atoms with van der Waals surface area (Å²) in [5, 5.41) is 11.5. The molecule has 0 fully saturated rings. The first-order valence-corrected chi connectivity index (χ1v) is 4.59. The van der Waals surface area contributed by atoms with Crippen LogP contribution in [0.1, 0.15) is 12.5 Å². The number of pyridine rings is 1. The van der Waals surface area contributed by atoms with Crippen LogP contribution in [0.25, 0.3) is 0 Å². The number of rotatable bonds is 5. The molecular weight excluding hydrogens is 196 g/mol. The summed E-state index contributed by atoms with van der Waals surface area (Å²) in [7, 11) is 1.53. The van der Waals surface area contributed by atoms with Gasteiger partial charge in [0.2, 0.25) is 5.88 Å². The minimum atomic E-state index is -0.877. The van der Waals surface area contributed by atoms with Crippen LogP contribution in [0.4, 0.5) is 0 Å². The minimum absolute atomic E-state index is 0.421. The first-order valence-electron chi connectivity index (χ1n) is 4.59. The molecule has 0 aliphatic heterocycles. The fourth-order valence-electron chi connectivity index (χ4n) is 1.09. The van der Waals surface area contributed by atoms with Crippen molar-refractivity contribution in [1.29, 1.82) is 0 Å². The van der Waals surface area contributed by atoms with Crippen molar-refractivity contribution < 1.29 is 14.6 Å². The topological polar surface area (TPSA) is 71.5 Å². The van der Waals surface area contributed by atoms with Gasteiger partial charge >= 0.3 is 5.97 Å². The van der Waals surface area contributed by atoms with Crippen LogP contribution in [-0.2, 0) is 11.3 Å². The number of carboxylic acid groups (broad SMARTS) is 1. The molecule has 0 aliphatic carbocycles. The van der Waals surface area contributed by atoms with E-state index in [0.717, 1.165) is 5.56 Å². The maximum Gasteiger partial charge on any atom is 0.320 e. The number of aliphatic carboxylic acids is 1. The summed E-state index contributed by atoms with van der Waals surface area (Å²) in [5.41, 5.74) is 0.841. The van der Waals surface area contributed by atoms with Gasteiger partial charge in [-0.05, 0) is 13.0 Å². The van der Waals surface area contributed by atoms with Gasteiger partial charge in [-0.25, -0.2) is 4.98 Å². The molecule has 0 saturated carbocycles. The molecule has 0 bridgehead atoms. The summed E-state index contributed by atoms with van der Waals surface area (Å²) in [4.78, 5) is 14.6. The molecule has 0 amide bonds. The maximum atomic E-state index is 10.6. The monoisotopic (exact) mass is 210 g/mol. The maximum absolute atomic E-state index is 10.6. The van der Waals surface area contributed by atoms with Gasteiger partial charge in [0, 0.05) is 18.3 Å². The number of hydrogen-bond donors (Lipinski definition) is 2. The number of carbonyl (C=O) groups is 1. The van der Waals surface area contributed by atoms with E-state index in [1.807, 2.05) is 6.07 Å². The summed E-state index contributed by atoms with van der Waals surface area (Å²) in [6.45, 7) is 2.01. The molecule has 15 heavy (non-hydrogen) atoms. The Labute approximate surface area is 88.1 Å². The number of aromatic nitrogens is 1. The smallest absolute Gasteiger partial charge is 0.320 e. The molecule has 0 unspecified atom stereocenters. The van der Waals surface area contributed by atoms with Crippen LogP contribution < -0.4 is 10.1 Å². The zero-order valence-corrected chi connectivity index (χ0v) is 8.73. The van der Waals surface area contributed by atoms with Crippen molar-refractivity contribution in [3.05, 3.63) is 23.9 Å². The van der Waals surface area contributed by atoms with Crippen LogP contribution >= 0.6 is 0 Å². The number of methoxy groups -OCH3 is 1. The molecule has 2 N–H and O–H groups in total. The van der Waals surface area contributed by atoms with E-state index in [1.54, 1.807) is 19.2 Å². The lowest BCUT2D eigenvalue weighted by Gasteiger charge is -2.10. The van der Waals surface area contributed by atoms with Crippen molar-refractivity contribution in [1.82, 2.24) is 10.3 Å². The van der Waals surface area contributed by atoms with Crippen molar-refractivity contribution >= 4 is 5.97 Å². The molecular formula is C10H14N2O3. The third kappa shape index (κ3) is 3.21. The lowest BCUT2D eigenvalue weighted by Crippen LogP contribution is -2.33. The highest BCUT2D eigenvalue weighted by atomic mass is 16.5. The highest BCUT2D eigenvalue weighted by Crippen LogP contribution is 2.12. The highest BCUT2D eigenvalue weighted by molar-refractivity contribution is 5.72. The van der Waals surface area contributed by atoms with Gasteiger partial charge in [-0.3, -0.25) is 4.79 Å². The predicted molar refractivity (Wildman–Crippen MR) is 54.7 cm³/mol. The fourth-order valence-corrected chi connectivity index (χ4v) is 1.09. The lowest BCUT2D eigenvalue weighted by molar-refractivity contribution is -0.139. The predicted octanol–water partition coefficient (Wildman–Crippen LogP) is 0.653. The van der Waals surface area contributed by atoms with Crippen molar-refractivity contribution in [2.75, 3.05) is 7.11 Å². The van der Waals surface area contributed by atoms with E-state index in [2.05, 4.69) is 10.3 Å². The van der Waals surface area contributed by atoms with Crippen molar-refractivity contribution in [2.45, 2.75) is 19.5 Å². The van der Waals surface area contributed by atoms with Gasteiger partial charge in [-0.1, -0.05) is 6.07 Å². The Bertz CT molecular complexity index is 341. The van der Waals surface area contributed by atoms with Gasteiger partial charge < -0.3 is 15.2 Å². The molecule has 5 heteroatoms. The fraction of sp³-hybridized carbons (Fsp3) is 0.400. The molecule has 0 saturated heterocycles. The summed E-state index contributed by atoms with van der Waals surface area (Å²) < 4.78 is 5.04. The standard InChI is InChI=1S/C10H14N2O3/c1-7(10(13)14)12-6-8-4-3-5-11-9(8)15-2/h3-5,7,12H,6H2,1-2H3,(H,13,14)/t7-/m0/s1. The molecule has 0 aromatic carbocycles. The molecule has 0 aliphatic rings. The van der Waals surface area contributed by atoms with Gasteiger partial charge in [0.25, 0.3) is 0 Å². The Kier molecular flexibility index (Phi) is 4.05. The average molecular weight is 210 g/mol. The van der Waals surface area contributed by atoms with Crippen LogP contribution in [0.5, 0.6) is 5.88 Å². The molecule has 82 valence electrons.